The molecule has 0 fully saturated rings. The minimum Gasteiger partial charge on any atom is -0.369 e. The molecule has 96 valence electrons. The van der Waals surface area contributed by atoms with Gasteiger partial charge < -0.3 is 4.90 Å². The molecule has 3 nitrogen and oxygen atoms in total. The van der Waals surface area contributed by atoms with Gasteiger partial charge in [0.25, 0.3) is 0 Å². The average Bonchev–Trinajstić information content (AvgIpc) is 2.56. The fourth-order valence-electron chi connectivity index (χ4n) is 2.03. The Balaban J connectivity index is 2.24. The Kier molecular flexibility index (Phi) is 3.76. The fraction of sp³-hybridized carbons (Fsp3) is 0.357. The van der Waals surface area contributed by atoms with Gasteiger partial charge >= 0.3 is 0 Å². The van der Waals surface area contributed by atoms with Gasteiger partial charge in [-0.05, 0) is 47.5 Å². The second kappa shape index (κ2) is 5.14. The maximum atomic E-state index is 4.42. The Morgan fingerprint density at radius 2 is 2.06 bits per heavy atom. The molecule has 0 saturated carbocycles. The first kappa shape index (κ1) is 13.1. The lowest BCUT2D eigenvalue weighted by Crippen LogP contribution is -2.18. The molecule has 0 radical (unpaired) electrons. The van der Waals surface area contributed by atoms with Crippen molar-refractivity contribution in [2.45, 2.75) is 20.4 Å². The van der Waals surface area contributed by atoms with E-state index < -0.39 is 0 Å². The van der Waals surface area contributed by atoms with Crippen LogP contribution in [0, 0.1) is 13.8 Å². The first-order valence-electron chi connectivity index (χ1n) is 5.95. The number of nitrogens with zero attached hydrogens (tertiary/aromatic N) is 3. The molecular weight excluding hydrogens is 290 g/mol. The molecule has 1 aromatic heterocycles. The second-order valence-corrected chi connectivity index (χ2v) is 5.46. The van der Waals surface area contributed by atoms with Crippen LogP contribution in [-0.4, -0.2) is 16.8 Å². The van der Waals surface area contributed by atoms with Gasteiger partial charge in [-0.2, -0.15) is 5.10 Å². The summed E-state index contributed by atoms with van der Waals surface area (Å²) in [5, 5.41) is 4.42. The number of anilines is 1. The predicted octanol–water partition coefficient (Wildman–Crippen LogP) is 3.44. The summed E-state index contributed by atoms with van der Waals surface area (Å²) in [6, 6.07) is 8.52. The van der Waals surface area contributed by atoms with Crippen molar-refractivity contribution in [2.24, 2.45) is 7.05 Å². The van der Waals surface area contributed by atoms with Gasteiger partial charge in [-0.15, -0.1) is 0 Å². The molecule has 0 aliphatic rings. The number of halogens is 1. The Morgan fingerprint density at radius 1 is 1.33 bits per heavy atom. The molecule has 0 unspecified atom stereocenters. The molecule has 0 atom stereocenters. The third-order valence-electron chi connectivity index (χ3n) is 3.09. The van der Waals surface area contributed by atoms with E-state index in [9.17, 15) is 0 Å². The third-order valence-corrected chi connectivity index (χ3v) is 4.12. The first-order valence-corrected chi connectivity index (χ1v) is 6.74. The number of aromatic nitrogens is 2. The van der Waals surface area contributed by atoms with Crippen molar-refractivity contribution < 1.29 is 0 Å². The summed E-state index contributed by atoms with van der Waals surface area (Å²) in [7, 11) is 4.08. The van der Waals surface area contributed by atoms with Crippen LogP contribution in [0.5, 0.6) is 0 Å². The van der Waals surface area contributed by atoms with Crippen molar-refractivity contribution in [3.05, 3.63) is 45.7 Å². The molecule has 0 aliphatic heterocycles. The molecule has 2 aromatic rings. The van der Waals surface area contributed by atoms with Gasteiger partial charge in [-0.3, -0.25) is 4.68 Å². The molecule has 0 N–H and O–H groups in total. The van der Waals surface area contributed by atoms with E-state index in [0.29, 0.717) is 0 Å². The zero-order chi connectivity index (χ0) is 13.3. The van der Waals surface area contributed by atoms with E-state index in [2.05, 4.69) is 64.2 Å². The van der Waals surface area contributed by atoms with Gasteiger partial charge in [-0.1, -0.05) is 12.1 Å². The van der Waals surface area contributed by atoms with E-state index in [-0.39, 0.29) is 0 Å². The van der Waals surface area contributed by atoms with E-state index in [1.165, 1.54) is 16.9 Å². The molecule has 2 rings (SSSR count). The second-order valence-electron chi connectivity index (χ2n) is 4.66. The molecule has 0 aliphatic carbocycles. The Bertz CT molecular complexity index is 560. The molecular formula is C14H18BrN3. The lowest BCUT2D eigenvalue weighted by atomic mass is 10.2. The highest BCUT2D eigenvalue weighted by Crippen LogP contribution is 2.23. The average molecular weight is 308 g/mol. The van der Waals surface area contributed by atoms with Gasteiger partial charge in [0.2, 0.25) is 0 Å². The summed E-state index contributed by atoms with van der Waals surface area (Å²) in [6.07, 6.45) is 0. The van der Waals surface area contributed by atoms with E-state index in [0.717, 1.165) is 16.7 Å². The third kappa shape index (κ3) is 2.58. The molecule has 4 heteroatoms. The lowest BCUT2D eigenvalue weighted by Gasteiger charge is -2.20. The summed E-state index contributed by atoms with van der Waals surface area (Å²) in [6.45, 7) is 4.96. The largest absolute Gasteiger partial charge is 0.369 e. The van der Waals surface area contributed by atoms with Crippen LogP contribution in [0.15, 0.2) is 28.7 Å². The quantitative estimate of drug-likeness (QED) is 0.866. The van der Waals surface area contributed by atoms with Crippen molar-refractivity contribution in [1.29, 1.82) is 0 Å². The topological polar surface area (TPSA) is 21.1 Å². The van der Waals surface area contributed by atoms with Crippen molar-refractivity contribution in [3.8, 4) is 0 Å². The van der Waals surface area contributed by atoms with E-state index in [1.54, 1.807) is 0 Å². The number of hydrogen-bond donors (Lipinski definition) is 0. The lowest BCUT2D eigenvalue weighted by molar-refractivity contribution is 0.693. The SMILES string of the molecule is Cc1cccc(N(C)Cc2c(Br)c(C)nn2C)c1. The van der Waals surface area contributed by atoms with Crippen LogP contribution in [0.3, 0.4) is 0 Å². The van der Waals surface area contributed by atoms with Crippen LogP contribution in [0.2, 0.25) is 0 Å². The van der Waals surface area contributed by atoms with E-state index in [4.69, 9.17) is 0 Å². The van der Waals surface area contributed by atoms with E-state index >= 15 is 0 Å². The zero-order valence-electron chi connectivity index (χ0n) is 11.2. The number of hydrogen-bond acceptors (Lipinski definition) is 2. The van der Waals surface area contributed by atoms with Crippen molar-refractivity contribution in [3.63, 3.8) is 0 Å². The molecule has 0 saturated heterocycles. The van der Waals surface area contributed by atoms with Gasteiger partial charge in [0.15, 0.2) is 0 Å². The van der Waals surface area contributed by atoms with Gasteiger partial charge in [0.1, 0.15) is 0 Å². The van der Waals surface area contributed by atoms with Gasteiger partial charge in [-0.25, -0.2) is 0 Å². The molecule has 0 spiro atoms. The summed E-state index contributed by atoms with van der Waals surface area (Å²) < 4.78 is 3.04. The number of benzene rings is 1. The summed E-state index contributed by atoms with van der Waals surface area (Å²) in [5.41, 5.74) is 4.72. The summed E-state index contributed by atoms with van der Waals surface area (Å²) >= 11 is 3.61. The Labute approximate surface area is 117 Å². The van der Waals surface area contributed by atoms with Crippen molar-refractivity contribution >= 4 is 21.6 Å². The Morgan fingerprint density at radius 3 is 2.61 bits per heavy atom. The van der Waals surface area contributed by atoms with Crippen LogP contribution in [0.1, 0.15) is 17.0 Å². The molecule has 0 bridgehead atoms. The maximum Gasteiger partial charge on any atom is 0.0739 e. The minimum absolute atomic E-state index is 0.835. The van der Waals surface area contributed by atoms with Gasteiger partial charge in [0, 0.05) is 19.8 Å². The highest BCUT2D eigenvalue weighted by atomic mass is 79.9. The van der Waals surface area contributed by atoms with Crippen LogP contribution in [0.4, 0.5) is 5.69 Å². The highest BCUT2D eigenvalue weighted by molar-refractivity contribution is 9.10. The van der Waals surface area contributed by atoms with Crippen LogP contribution < -0.4 is 4.90 Å². The van der Waals surface area contributed by atoms with Crippen molar-refractivity contribution in [2.75, 3.05) is 11.9 Å². The summed E-state index contributed by atoms with van der Waals surface area (Å²) in [5.74, 6) is 0. The number of aryl methyl sites for hydroxylation is 3. The number of rotatable bonds is 3. The maximum absolute atomic E-state index is 4.42. The smallest absolute Gasteiger partial charge is 0.0739 e. The fourth-order valence-corrected chi connectivity index (χ4v) is 2.49. The zero-order valence-corrected chi connectivity index (χ0v) is 12.8. The minimum atomic E-state index is 0.835. The normalized spacial score (nSPS) is 10.7. The molecule has 1 aromatic carbocycles. The highest BCUT2D eigenvalue weighted by Gasteiger charge is 2.12. The standard InChI is InChI=1S/C14H18BrN3/c1-10-6-5-7-12(8-10)17(3)9-13-14(15)11(2)16-18(13)4/h5-8H,9H2,1-4H3. The first-order chi connectivity index (χ1) is 8.49. The Hall–Kier alpha value is -1.29. The molecule has 1 heterocycles. The molecule has 0 amide bonds. The van der Waals surface area contributed by atoms with E-state index in [1.807, 2.05) is 18.7 Å². The predicted molar refractivity (Wildman–Crippen MR) is 78.9 cm³/mol. The van der Waals surface area contributed by atoms with Gasteiger partial charge in [0.05, 0.1) is 22.4 Å². The van der Waals surface area contributed by atoms with Crippen LogP contribution in [0.25, 0.3) is 0 Å². The molecule has 18 heavy (non-hydrogen) atoms. The van der Waals surface area contributed by atoms with Crippen LogP contribution >= 0.6 is 15.9 Å². The summed E-state index contributed by atoms with van der Waals surface area (Å²) in [4.78, 5) is 2.23. The monoisotopic (exact) mass is 307 g/mol. The van der Waals surface area contributed by atoms with Crippen molar-refractivity contribution in [1.82, 2.24) is 9.78 Å². The van der Waals surface area contributed by atoms with Crippen LogP contribution in [-0.2, 0) is 13.6 Å².